The van der Waals surface area contributed by atoms with Gasteiger partial charge in [-0.2, -0.15) is 0 Å². The Hall–Kier alpha value is -2.08. The molecule has 21 heavy (non-hydrogen) atoms. The largest absolute Gasteiger partial charge is 0.362 e. The number of nitrogens with zero attached hydrogens (tertiary/aromatic N) is 1. The molecule has 0 aliphatic carbocycles. The average Bonchev–Trinajstić information content (AvgIpc) is 3.05. The van der Waals surface area contributed by atoms with Gasteiger partial charge in [0.05, 0.1) is 10.9 Å². The topological polar surface area (TPSA) is 73.6 Å². The number of aryl methyl sites for hydroxylation is 2. The van der Waals surface area contributed by atoms with Crippen LogP contribution in [0.25, 0.3) is 10.9 Å². The Labute approximate surface area is 126 Å². The Bertz CT molecular complexity index is 786. The van der Waals surface area contributed by atoms with E-state index in [1.807, 2.05) is 24.4 Å². The lowest BCUT2D eigenvalue weighted by Crippen LogP contribution is -2.01. The third kappa shape index (κ3) is 3.33. The van der Waals surface area contributed by atoms with Gasteiger partial charge in [0.1, 0.15) is 0 Å². The first kappa shape index (κ1) is 13.9. The molecule has 0 saturated carbocycles. The lowest BCUT2D eigenvalue weighted by Gasteiger charge is -2.03. The maximum Gasteiger partial charge on any atom is 0.271 e. The molecule has 0 atom stereocenters. The van der Waals surface area contributed by atoms with Gasteiger partial charge in [-0.05, 0) is 43.9 Å². The molecule has 0 saturated heterocycles. The summed E-state index contributed by atoms with van der Waals surface area (Å²) in [5.41, 5.74) is 2.08. The first-order chi connectivity index (χ1) is 10.2. The van der Waals surface area contributed by atoms with E-state index in [-0.39, 0.29) is 5.56 Å². The molecular formula is C15H18N4OS. The number of anilines is 1. The zero-order valence-corrected chi connectivity index (χ0v) is 12.7. The van der Waals surface area contributed by atoms with Gasteiger partial charge in [0.2, 0.25) is 0 Å². The zero-order chi connectivity index (χ0) is 14.7. The average molecular weight is 302 g/mol. The standard InChI is InChI=1S/C15H18N4OS/c1-10-9-17-15(21-10)16-7-3-2-4-11-5-6-12-13(8-11)18-19-14(12)20/h5-6,8-9H,2-4,7H2,1H3,(H,16,17)(H2,18,19,20). The summed E-state index contributed by atoms with van der Waals surface area (Å²) in [4.78, 5) is 16.9. The van der Waals surface area contributed by atoms with Gasteiger partial charge in [-0.1, -0.05) is 6.07 Å². The minimum absolute atomic E-state index is 0.0560. The first-order valence-corrected chi connectivity index (χ1v) is 7.89. The monoisotopic (exact) mass is 302 g/mol. The number of H-pyrrole nitrogens is 2. The van der Waals surface area contributed by atoms with Crippen molar-refractivity contribution in [3.8, 4) is 0 Å². The van der Waals surface area contributed by atoms with Crippen LogP contribution >= 0.6 is 11.3 Å². The third-order valence-electron chi connectivity index (χ3n) is 3.43. The van der Waals surface area contributed by atoms with Crippen molar-refractivity contribution in [1.82, 2.24) is 15.2 Å². The summed E-state index contributed by atoms with van der Waals surface area (Å²) in [6, 6.07) is 5.96. The summed E-state index contributed by atoms with van der Waals surface area (Å²) in [6.45, 7) is 3.00. The number of hydrogen-bond acceptors (Lipinski definition) is 4. The van der Waals surface area contributed by atoms with Gasteiger partial charge in [-0.25, -0.2) is 4.98 Å². The summed E-state index contributed by atoms with van der Waals surface area (Å²) in [6.07, 6.45) is 5.11. The highest BCUT2D eigenvalue weighted by Crippen LogP contribution is 2.17. The van der Waals surface area contributed by atoms with Crippen LogP contribution in [0.4, 0.5) is 5.13 Å². The number of nitrogens with one attached hydrogen (secondary N) is 3. The van der Waals surface area contributed by atoms with Gasteiger partial charge in [0.15, 0.2) is 5.13 Å². The Morgan fingerprint density at radius 3 is 3.00 bits per heavy atom. The summed E-state index contributed by atoms with van der Waals surface area (Å²) in [5.74, 6) is 0. The highest BCUT2D eigenvalue weighted by molar-refractivity contribution is 7.15. The molecule has 0 unspecified atom stereocenters. The first-order valence-electron chi connectivity index (χ1n) is 7.08. The molecule has 0 radical (unpaired) electrons. The third-order valence-corrected chi connectivity index (χ3v) is 4.30. The van der Waals surface area contributed by atoms with E-state index in [0.29, 0.717) is 0 Å². The molecule has 110 valence electrons. The lowest BCUT2D eigenvalue weighted by atomic mass is 10.1. The summed E-state index contributed by atoms with van der Waals surface area (Å²) in [5, 5.41) is 10.6. The molecule has 0 aliphatic rings. The number of unbranched alkanes of at least 4 members (excludes halogenated alkanes) is 1. The van der Waals surface area contributed by atoms with E-state index >= 15 is 0 Å². The van der Waals surface area contributed by atoms with E-state index in [4.69, 9.17) is 0 Å². The van der Waals surface area contributed by atoms with E-state index in [2.05, 4.69) is 27.4 Å². The van der Waals surface area contributed by atoms with Crippen LogP contribution < -0.4 is 10.9 Å². The molecule has 3 rings (SSSR count). The molecule has 0 amide bonds. The number of thiazole rings is 1. The molecule has 0 aliphatic heterocycles. The summed E-state index contributed by atoms with van der Waals surface area (Å²) >= 11 is 1.69. The SMILES string of the molecule is Cc1cnc(NCCCCc2ccc3c(=O)[nH][nH]c3c2)s1. The summed E-state index contributed by atoms with van der Waals surface area (Å²) in [7, 11) is 0. The molecule has 0 spiro atoms. The fraction of sp³-hybridized carbons (Fsp3) is 0.333. The van der Waals surface area contributed by atoms with Crippen molar-refractivity contribution in [2.45, 2.75) is 26.2 Å². The quantitative estimate of drug-likeness (QED) is 0.613. The van der Waals surface area contributed by atoms with Crippen LogP contribution in [0.2, 0.25) is 0 Å². The molecule has 3 N–H and O–H groups in total. The fourth-order valence-electron chi connectivity index (χ4n) is 2.33. The number of aromatic amines is 2. The Kier molecular flexibility index (Phi) is 4.06. The fourth-order valence-corrected chi connectivity index (χ4v) is 3.02. The Balaban J connectivity index is 1.47. The van der Waals surface area contributed by atoms with E-state index in [1.165, 1.54) is 10.4 Å². The van der Waals surface area contributed by atoms with E-state index in [0.717, 1.165) is 41.8 Å². The highest BCUT2D eigenvalue weighted by atomic mass is 32.1. The molecule has 3 aromatic rings. The Morgan fingerprint density at radius 2 is 2.19 bits per heavy atom. The zero-order valence-electron chi connectivity index (χ0n) is 11.9. The van der Waals surface area contributed by atoms with Crippen molar-refractivity contribution in [1.29, 1.82) is 0 Å². The molecule has 2 heterocycles. The van der Waals surface area contributed by atoms with E-state index < -0.39 is 0 Å². The normalized spacial score (nSPS) is 11.1. The second kappa shape index (κ2) is 6.13. The van der Waals surface area contributed by atoms with Crippen molar-refractivity contribution >= 4 is 27.4 Å². The van der Waals surface area contributed by atoms with Crippen LogP contribution in [0.5, 0.6) is 0 Å². The molecule has 0 bridgehead atoms. The molecule has 5 nitrogen and oxygen atoms in total. The van der Waals surface area contributed by atoms with Crippen LogP contribution in [-0.2, 0) is 6.42 Å². The van der Waals surface area contributed by atoms with Gasteiger partial charge < -0.3 is 5.32 Å². The van der Waals surface area contributed by atoms with E-state index in [1.54, 1.807) is 11.3 Å². The van der Waals surface area contributed by atoms with Crippen LogP contribution in [0.1, 0.15) is 23.3 Å². The minimum Gasteiger partial charge on any atom is -0.362 e. The maximum absolute atomic E-state index is 11.4. The lowest BCUT2D eigenvalue weighted by molar-refractivity contribution is 0.763. The number of fused-ring (bicyclic) bond motifs is 1. The van der Waals surface area contributed by atoms with Gasteiger partial charge in [0.25, 0.3) is 5.56 Å². The summed E-state index contributed by atoms with van der Waals surface area (Å²) < 4.78 is 0. The number of hydrogen-bond donors (Lipinski definition) is 3. The van der Waals surface area contributed by atoms with Crippen molar-refractivity contribution in [2.75, 3.05) is 11.9 Å². The molecular weight excluding hydrogens is 284 g/mol. The predicted molar refractivity (Wildman–Crippen MR) is 87.2 cm³/mol. The molecule has 1 aromatic carbocycles. The number of rotatable bonds is 6. The van der Waals surface area contributed by atoms with Crippen molar-refractivity contribution in [2.24, 2.45) is 0 Å². The van der Waals surface area contributed by atoms with E-state index in [9.17, 15) is 4.79 Å². The van der Waals surface area contributed by atoms with Gasteiger partial charge in [0, 0.05) is 17.6 Å². The van der Waals surface area contributed by atoms with Crippen LogP contribution in [0.3, 0.4) is 0 Å². The predicted octanol–water partition coefficient (Wildman–Crippen LogP) is 3.06. The molecule has 0 fully saturated rings. The smallest absolute Gasteiger partial charge is 0.271 e. The van der Waals surface area contributed by atoms with Gasteiger partial charge >= 0.3 is 0 Å². The Morgan fingerprint density at radius 1 is 1.29 bits per heavy atom. The molecule has 6 heteroatoms. The maximum atomic E-state index is 11.4. The van der Waals surface area contributed by atoms with Crippen molar-refractivity contribution in [3.63, 3.8) is 0 Å². The minimum atomic E-state index is -0.0560. The van der Waals surface area contributed by atoms with Gasteiger partial charge in [-0.15, -0.1) is 11.3 Å². The van der Waals surface area contributed by atoms with Crippen LogP contribution in [0, 0.1) is 6.92 Å². The number of benzene rings is 1. The molecule has 2 aromatic heterocycles. The van der Waals surface area contributed by atoms with Crippen molar-refractivity contribution < 1.29 is 0 Å². The number of aromatic nitrogens is 3. The second-order valence-corrected chi connectivity index (χ2v) is 6.35. The van der Waals surface area contributed by atoms with Crippen LogP contribution in [-0.4, -0.2) is 21.7 Å². The van der Waals surface area contributed by atoms with Crippen LogP contribution in [0.15, 0.2) is 29.2 Å². The second-order valence-electron chi connectivity index (χ2n) is 5.12. The van der Waals surface area contributed by atoms with Gasteiger partial charge in [-0.3, -0.25) is 15.0 Å². The highest BCUT2D eigenvalue weighted by Gasteiger charge is 2.02. The van der Waals surface area contributed by atoms with Crippen molar-refractivity contribution in [3.05, 3.63) is 45.2 Å².